The molecule has 0 radical (unpaired) electrons. The lowest BCUT2D eigenvalue weighted by atomic mass is 10.0. The Kier molecular flexibility index (Phi) is 6.09. The first-order valence-electron chi connectivity index (χ1n) is 9.26. The molecule has 0 amide bonds. The summed E-state index contributed by atoms with van der Waals surface area (Å²) in [6.45, 7) is 4.16. The van der Waals surface area contributed by atoms with E-state index in [2.05, 4.69) is 34.3 Å². The molecule has 0 aliphatic carbocycles. The van der Waals surface area contributed by atoms with Gasteiger partial charge in [-0.2, -0.15) is 4.98 Å². The lowest BCUT2D eigenvalue weighted by Crippen LogP contribution is -2.40. The third-order valence-electron chi connectivity index (χ3n) is 4.88. The summed E-state index contributed by atoms with van der Waals surface area (Å²) >= 11 is 0. The van der Waals surface area contributed by atoms with Crippen molar-refractivity contribution in [1.82, 2.24) is 9.97 Å². The van der Waals surface area contributed by atoms with Gasteiger partial charge in [-0.05, 0) is 55.9 Å². The number of piperidine rings is 1. The SMILES string of the molecule is CCC1CCCCN1c1nccc(NCCc2ccc(OC)cc2)n1. The first kappa shape index (κ1) is 17.5. The Bertz CT molecular complexity index is 659. The first-order chi connectivity index (χ1) is 12.3. The van der Waals surface area contributed by atoms with E-state index in [1.54, 1.807) is 7.11 Å². The molecule has 1 atom stereocenters. The average Bonchev–Trinajstić information content (AvgIpc) is 2.69. The lowest BCUT2D eigenvalue weighted by molar-refractivity contribution is 0.414. The van der Waals surface area contributed by atoms with Gasteiger partial charge in [-0.15, -0.1) is 0 Å². The van der Waals surface area contributed by atoms with E-state index >= 15 is 0 Å². The van der Waals surface area contributed by atoms with Crippen LogP contribution in [0.1, 0.15) is 38.2 Å². The van der Waals surface area contributed by atoms with E-state index in [1.165, 1.54) is 24.8 Å². The van der Waals surface area contributed by atoms with Gasteiger partial charge in [0.05, 0.1) is 7.11 Å². The second-order valence-corrected chi connectivity index (χ2v) is 6.52. The number of methoxy groups -OCH3 is 1. The fourth-order valence-electron chi connectivity index (χ4n) is 3.40. The number of rotatable bonds is 7. The van der Waals surface area contributed by atoms with Crippen LogP contribution in [0.25, 0.3) is 0 Å². The van der Waals surface area contributed by atoms with E-state index in [1.807, 2.05) is 24.4 Å². The maximum absolute atomic E-state index is 5.19. The van der Waals surface area contributed by atoms with Crippen molar-refractivity contribution in [2.45, 2.75) is 45.1 Å². The summed E-state index contributed by atoms with van der Waals surface area (Å²) in [6.07, 6.45) is 7.75. The largest absolute Gasteiger partial charge is 0.497 e. The standard InChI is InChI=1S/C20H28N4O/c1-3-17-6-4-5-15-24(17)20-22-14-12-19(23-20)21-13-11-16-7-9-18(25-2)10-8-16/h7-10,12,14,17H,3-6,11,13,15H2,1-2H3,(H,21,22,23). The minimum Gasteiger partial charge on any atom is -0.497 e. The summed E-state index contributed by atoms with van der Waals surface area (Å²) in [5.74, 6) is 2.66. The van der Waals surface area contributed by atoms with Crippen molar-refractivity contribution >= 4 is 11.8 Å². The Labute approximate surface area is 150 Å². The molecule has 1 aliphatic heterocycles. The van der Waals surface area contributed by atoms with Crippen molar-refractivity contribution in [3.8, 4) is 5.75 Å². The van der Waals surface area contributed by atoms with Crippen LogP contribution >= 0.6 is 0 Å². The Morgan fingerprint density at radius 2 is 2.04 bits per heavy atom. The molecule has 1 aromatic heterocycles. The summed E-state index contributed by atoms with van der Waals surface area (Å²) in [7, 11) is 1.69. The van der Waals surface area contributed by atoms with E-state index in [9.17, 15) is 0 Å². The molecule has 1 fully saturated rings. The van der Waals surface area contributed by atoms with Gasteiger partial charge in [-0.1, -0.05) is 19.1 Å². The Morgan fingerprint density at radius 3 is 2.80 bits per heavy atom. The smallest absolute Gasteiger partial charge is 0.227 e. The number of anilines is 2. The summed E-state index contributed by atoms with van der Waals surface area (Å²) in [5.41, 5.74) is 1.28. The fraction of sp³-hybridized carbons (Fsp3) is 0.500. The molecule has 1 aromatic carbocycles. The minimum atomic E-state index is 0.572. The summed E-state index contributed by atoms with van der Waals surface area (Å²) in [5, 5.41) is 3.43. The van der Waals surface area contributed by atoms with Crippen LogP contribution in [-0.2, 0) is 6.42 Å². The van der Waals surface area contributed by atoms with Gasteiger partial charge in [0.1, 0.15) is 11.6 Å². The van der Waals surface area contributed by atoms with Gasteiger partial charge < -0.3 is 15.0 Å². The van der Waals surface area contributed by atoms with Crippen LogP contribution in [0, 0.1) is 0 Å². The molecule has 5 nitrogen and oxygen atoms in total. The summed E-state index contributed by atoms with van der Waals surface area (Å²) in [6, 6.07) is 10.7. The molecule has 1 saturated heterocycles. The Hall–Kier alpha value is -2.30. The Balaban J connectivity index is 1.57. The first-order valence-corrected chi connectivity index (χ1v) is 9.26. The van der Waals surface area contributed by atoms with Crippen LogP contribution in [0.4, 0.5) is 11.8 Å². The van der Waals surface area contributed by atoms with Crippen LogP contribution in [0.3, 0.4) is 0 Å². The second kappa shape index (κ2) is 8.70. The molecule has 134 valence electrons. The molecule has 0 saturated carbocycles. The minimum absolute atomic E-state index is 0.572. The van der Waals surface area contributed by atoms with E-state index in [0.717, 1.165) is 43.4 Å². The van der Waals surface area contributed by atoms with Crippen LogP contribution in [0.15, 0.2) is 36.5 Å². The number of nitrogens with zero attached hydrogens (tertiary/aromatic N) is 3. The zero-order chi connectivity index (χ0) is 17.5. The molecule has 5 heteroatoms. The highest BCUT2D eigenvalue weighted by molar-refractivity contribution is 5.42. The van der Waals surface area contributed by atoms with Gasteiger partial charge in [0.25, 0.3) is 0 Å². The van der Waals surface area contributed by atoms with E-state index < -0.39 is 0 Å². The predicted octanol–water partition coefficient (Wildman–Crippen LogP) is 3.91. The zero-order valence-electron chi connectivity index (χ0n) is 15.2. The van der Waals surface area contributed by atoms with Gasteiger partial charge in [0.2, 0.25) is 5.95 Å². The van der Waals surface area contributed by atoms with Crippen molar-refractivity contribution < 1.29 is 4.74 Å². The number of benzene rings is 1. The molecular weight excluding hydrogens is 312 g/mol. The quantitative estimate of drug-likeness (QED) is 0.828. The molecule has 0 bridgehead atoms. The molecule has 2 aromatic rings. The van der Waals surface area contributed by atoms with Crippen LogP contribution < -0.4 is 15.0 Å². The van der Waals surface area contributed by atoms with Crippen molar-refractivity contribution in [1.29, 1.82) is 0 Å². The fourth-order valence-corrected chi connectivity index (χ4v) is 3.40. The Morgan fingerprint density at radius 1 is 1.20 bits per heavy atom. The number of hydrogen-bond donors (Lipinski definition) is 1. The molecule has 1 N–H and O–H groups in total. The predicted molar refractivity (Wildman–Crippen MR) is 102 cm³/mol. The molecule has 2 heterocycles. The van der Waals surface area contributed by atoms with Gasteiger partial charge in [-0.25, -0.2) is 4.98 Å². The van der Waals surface area contributed by atoms with Gasteiger partial charge in [0.15, 0.2) is 0 Å². The topological polar surface area (TPSA) is 50.3 Å². The van der Waals surface area contributed by atoms with Crippen LogP contribution in [-0.4, -0.2) is 36.2 Å². The van der Waals surface area contributed by atoms with Gasteiger partial charge >= 0.3 is 0 Å². The lowest BCUT2D eigenvalue weighted by Gasteiger charge is -2.35. The normalized spacial score (nSPS) is 17.4. The molecule has 25 heavy (non-hydrogen) atoms. The molecular formula is C20H28N4O. The van der Waals surface area contributed by atoms with Crippen molar-refractivity contribution in [3.63, 3.8) is 0 Å². The van der Waals surface area contributed by atoms with E-state index in [-0.39, 0.29) is 0 Å². The zero-order valence-corrected chi connectivity index (χ0v) is 15.2. The number of aromatic nitrogens is 2. The summed E-state index contributed by atoms with van der Waals surface area (Å²) in [4.78, 5) is 11.6. The molecule has 1 aliphatic rings. The highest BCUT2D eigenvalue weighted by atomic mass is 16.5. The van der Waals surface area contributed by atoms with Crippen molar-refractivity contribution in [3.05, 3.63) is 42.1 Å². The maximum Gasteiger partial charge on any atom is 0.227 e. The van der Waals surface area contributed by atoms with Gasteiger partial charge in [-0.3, -0.25) is 0 Å². The highest BCUT2D eigenvalue weighted by Gasteiger charge is 2.23. The summed E-state index contributed by atoms with van der Waals surface area (Å²) < 4.78 is 5.19. The monoisotopic (exact) mass is 340 g/mol. The number of hydrogen-bond acceptors (Lipinski definition) is 5. The average molecular weight is 340 g/mol. The highest BCUT2D eigenvalue weighted by Crippen LogP contribution is 2.24. The van der Waals surface area contributed by atoms with Crippen molar-refractivity contribution in [2.75, 3.05) is 30.4 Å². The third kappa shape index (κ3) is 4.62. The molecule has 0 spiro atoms. The maximum atomic E-state index is 5.19. The van der Waals surface area contributed by atoms with Crippen LogP contribution in [0.5, 0.6) is 5.75 Å². The van der Waals surface area contributed by atoms with Crippen LogP contribution in [0.2, 0.25) is 0 Å². The van der Waals surface area contributed by atoms with E-state index in [0.29, 0.717) is 6.04 Å². The number of ether oxygens (including phenoxy) is 1. The molecule has 1 unspecified atom stereocenters. The van der Waals surface area contributed by atoms with E-state index in [4.69, 9.17) is 9.72 Å². The van der Waals surface area contributed by atoms with Crippen molar-refractivity contribution in [2.24, 2.45) is 0 Å². The second-order valence-electron chi connectivity index (χ2n) is 6.52. The third-order valence-corrected chi connectivity index (χ3v) is 4.88. The number of nitrogens with one attached hydrogen (secondary N) is 1. The molecule has 3 rings (SSSR count). The van der Waals surface area contributed by atoms with Gasteiger partial charge in [0, 0.05) is 25.3 Å².